The van der Waals surface area contributed by atoms with Crippen LogP contribution in [0.2, 0.25) is 0 Å². The molecular formula is C17H21NO2S. The second-order valence-corrected chi connectivity index (χ2v) is 7.66. The molecule has 3 nitrogen and oxygen atoms in total. The predicted octanol–water partition coefficient (Wildman–Crippen LogP) is 3.25. The smallest absolute Gasteiger partial charge is 0.210 e. The molecule has 21 heavy (non-hydrogen) atoms. The van der Waals surface area contributed by atoms with E-state index in [2.05, 4.69) is 4.72 Å². The highest BCUT2D eigenvalue weighted by molar-refractivity contribution is 7.89. The lowest BCUT2D eigenvalue weighted by Gasteiger charge is -2.25. The van der Waals surface area contributed by atoms with Gasteiger partial charge in [-0.3, -0.25) is 0 Å². The molecule has 0 spiro atoms. The van der Waals surface area contributed by atoms with Crippen molar-refractivity contribution in [3.8, 4) is 0 Å². The van der Waals surface area contributed by atoms with Crippen LogP contribution in [0.5, 0.6) is 0 Å². The third-order valence-corrected chi connectivity index (χ3v) is 4.96. The first-order valence-corrected chi connectivity index (χ1v) is 8.41. The van der Waals surface area contributed by atoms with Gasteiger partial charge in [0.05, 0.1) is 4.90 Å². The topological polar surface area (TPSA) is 46.2 Å². The summed E-state index contributed by atoms with van der Waals surface area (Å²) in [7, 11) is -3.47. The normalized spacial score (nSPS) is 12.3. The Kier molecular flexibility index (Phi) is 4.49. The Morgan fingerprint density at radius 2 is 1.67 bits per heavy atom. The second kappa shape index (κ2) is 6.00. The zero-order chi connectivity index (χ0) is 15.5. The lowest BCUT2D eigenvalue weighted by atomic mass is 9.85. The molecule has 2 aromatic rings. The van der Waals surface area contributed by atoms with Gasteiger partial charge in [0.1, 0.15) is 0 Å². The molecule has 0 amide bonds. The minimum atomic E-state index is -3.47. The summed E-state index contributed by atoms with van der Waals surface area (Å²) < 4.78 is 27.4. The lowest BCUT2D eigenvalue weighted by Crippen LogP contribution is -2.36. The molecule has 0 atom stereocenters. The molecular weight excluding hydrogens is 282 g/mol. The van der Waals surface area contributed by atoms with E-state index >= 15 is 0 Å². The molecule has 0 saturated carbocycles. The van der Waals surface area contributed by atoms with Crippen molar-refractivity contribution >= 4 is 10.0 Å². The Morgan fingerprint density at radius 1 is 1.00 bits per heavy atom. The number of rotatable bonds is 5. The van der Waals surface area contributed by atoms with E-state index in [0.29, 0.717) is 11.4 Å². The van der Waals surface area contributed by atoms with Crippen molar-refractivity contribution in [3.05, 3.63) is 65.7 Å². The van der Waals surface area contributed by atoms with Crippen LogP contribution in [0.4, 0.5) is 0 Å². The molecule has 0 aliphatic heterocycles. The van der Waals surface area contributed by atoms with Gasteiger partial charge in [-0.2, -0.15) is 0 Å². The SMILES string of the molecule is Cc1cccc(S(=O)(=O)NCC(C)(C)c2ccccc2)c1. The molecule has 0 fully saturated rings. The molecule has 2 aromatic carbocycles. The Morgan fingerprint density at radius 3 is 2.29 bits per heavy atom. The van der Waals surface area contributed by atoms with Crippen molar-refractivity contribution in [2.24, 2.45) is 0 Å². The molecule has 2 rings (SSSR count). The van der Waals surface area contributed by atoms with Gasteiger partial charge in [0, 0.05) is 12.0 Å². The van der Waals surface area contributed by atoms with Crippen LogP contribution >= 0.6 is 0 Å². The maximum Gasteiger partial charge on any atom is 0.240 e. The Hall–Kier alpha value is -1.65. The Bertz CT molecular complexity index is 707. The van der Waals surface area contributed by atoms with Gasteiger partial charge < -0.3 is 0 Å². The summed E-state index contributed by atoms with van der Waals surface area (Å²) in [5, 5.41) is 0. The molecule has 0 saturated heterocycles. The Labute approximate surface area is 127 Å². The van der Waals surface area contributed by atoms with Crippen molar-refractivity contribution in [1.82, 2.24) is 4.72 Å². The zero-order valence-corrected chi connectivity index (χ0v) is 13.4. The molecule has 1 N–H and O–H groups in total. The number of nitrogens with one attached hydrogen (secondary N) is 1. The largest absolute Gasteiger partial charge is 0.240 e. The van der Waals surface area contributed by atoms with Crippen molar-refractivity contribution in [2.45, 2.75) is 31.1 Å². The fraction of sp³-hybridized carbons (Fsp3) is 0.294. The summed E-state index contributed by atoms with van der Waals surface area (Å²) in [4.78, 5) is 0.311. The number of hydrogen-bond acceptors (Lipinski definition) is 2. The minimum absolute atomic E-state index is 0.266. The van der Waals surface area contributed by atoms with Gasteiger partial charge in [-0.15, -0.1) is 0 Å². The van der Waals surface area contributed by atoms with E-state index in [1.165, 1.54) is 0 Å². The van der Waals surface area contributed by atoms with Crippen LogP contribution in [0.15, 0.2) is 59.5 Å². The van der Waals surface area contributed by atoms with Crippen molar-refractivity contribution in [2.75, 3.05) is 6.54 Å². The molecule has 0 aliphatic rings. The van der Waals surface area contributed by atoms with Gasteiger partial charge >= 0.3 is 0 Å². The molecule has 0 bridgehead atoms. The van der Waals surface area contributed by atoms with E-state index in [4.69, 9.17) is 0 Å². The molecule has 0 heterocycles. The molecule has 0 aromatic heterocycles. The number of sulfonamides is 1. The summed E-state index contributed by atoms with van der Waals surface area (Å²) in [5.74, 6) is 0. The van der Waals surface area contributed by atoms with Gasteiger partial charge in [0.25, 0.3) is 0 Å². The van der Waals surface area contributed by atoms with E-state index in [-0.39, 0.29) is 5.41 Å². The van der Waals surface area contributed by atoms with E-state index in [1.54, 1.807) is 18.2 Å². The fourth-order valence-electron chi connectivity index (χ4n) is 2.13. The van der Waals surface area contributed by atoms with Crippen LogP contribution in [0, 0.1) is 6.92 Å². The number of aryl methyl sites for hydroxylation is 1. The Balaban J connectivity index is 2.15. The monoisotopic (exact) mass is 303 g/mol. The van der Waals surface area contributed by atoms with Crippen LogP contribution in [0.25, 0.3) is 0 Å². The van der Waals surface area contributed by atoms with E-state index in [0.717, 1.165) is 11.1 Å². The maximum atomic E-state index is 12.4. The summed E-state index contributed by atoms with van der Waals surface area (Å²) in [6.45, 7) is 6.29. The molecule has 0 unspecified atom stereocenters. The third kappa shape index (κ3) is 3.93. The number of benzene rings is 2. The molecule has 112 valence electrons. The van der Waals surface area contributed by atoms with Gasteiger partial charge in [-0.05, 0) is 30.2 Å². The minimum Gasteiger partial charge on any atom is -0.210 e. The van der Waals surface area contributed by atoms with Gasteiger partial charge in [-0.25, -0.2) is 13.1 Å². The summed E-state index contributed by atoms with van der Waals surface area (Å²) >= 11 is 0. The average Bonchev–Trinajstić information content (AvgIpc) is 2.46. The molecule has 0 aliphatic carbocycles. The predicted molar refractivity (Wildman–Crippen MR) is 85.8 cm³/mol. The number of hydrogen-bond donors (Lipinski definition) is 1. The third-order valence-electron chi connectivity index (χ3n) is 3.56. The summed E-state index contributed by atoms with van der Waals surface area (Å²) in [6, 6.07) is 16.8. The van der Waals surface area contributed by atoms with Crippen LogP contribution in [0.1, 0.15) is 25.0 Å². The lowest BCUT2D eigenvalue weighted by molar-refractivity contribution is 0.501. The van der Waals surface area contributed by atoms with Crippen LogP contribution in [0.3, 0.4) is 0 Å². The van der Waals surface area contributed by atoms with Gasteiger partial charge in [0.2, 0.25) is 10.0 Å². The van der Waals surface area contributed by atoms with Crippen LogP contribution in [-0.4, -0.2) is 15.0 Å². The van der Waals surface area contributed by atoms with Gasteiger partial charge in [0.15, 0.2) is 0 Å². The summed E-state index contributed by atoms with van der Waals surface area (Å²) in [5.41, 5.74) is 1.77. The van der Waals surface area contributed by atoms with Crippen molar-refractivity contribution in [3.63, 3.8) is 0 Å². The van der Waals surface area contributed by atoms with Crippen molar-refractivity contribution < 1.29 is 8.42 Å². The first-order chi connectivity index (χ1) is 9.81. The first kappa shape index (κ1) is 15.7. The zero-order valence-electron chi connectivity index (χ0n) is 12.6. The first-order valence-electron chi connectivity index (χ1n) is 6.93. The van der Waals surface area contributed by atoms with Crippen LogP contribution in [-0.2, 0) is 15.4 Å². The maximum absolute atomic E-state index is 12.4. The second-order valence-electron chi connectivity index (χ2n) is 5.89. The van der Waals surface area contributed by atoms with E-state index in [9.17, 15) is 8.42 Å². The standard InChI is InChI=1S/C17H21NO2S/c1-14-8-7-11-16(12-14)21(19,20)18-13-17(2,3)15-9-5-4-6-10-15/h4-12,18H,13H2,1-3H3. The molecule has 4 heteroatoms. The highest BCUT2D eigenvalue weighted by Gasteiger charge is 2.24. The quantitative estimate of drug-likeness (QED) is 0.921. The van der Waals surface area contributed by atoms with Gasteiger partial charge in [-0.1, -0.05) is 56.3 Å². The van der Waals surface area contributed by atoms with E-state index in [1.807, 2.05) is 57.2 Å². The fourth-order valence-corrected chi connectivity index (χ4v) is 3.45. The van der Waals surface area contributed by atoms with Crippen LogP contribution < -0.4 is 4.72 Å². The average molecular weight is 303 g/mol. The molecule has 0 radical (unpaired) electrons. The highest BCUT2D eigenvalue weighted by atomic mass is 32.2. The highest BCUT2D eigenvalue weighted by Crippen LogP contribution is 2.22. The van der Waals surface area contributed by atoms with E-state index < -0.39 is 10.0 Å². The van der Waals surface area contributed by atoms with Crippen molar-refractivity contribution in [1.29, 1.82) is 0 Å². The summed E-state index contributed by atoms with van der Waals surface area (Å²) in [6.07, 6.45) is 0.